The summed E-state index contributed by atoms with van der Waals surface area (Å²) in [5.41, 5.74) is 5.79. The largest absolute Gasteiger partial charge is 0.386 e. The van der Waals surface area contributed by atoms with Crippen LogP contribution in [0.2, 0.25) is 0 Å². The molecule has 0 aliphatic carbocycles. The van der Waals surface area contributed by atoms with Crippen molar-refractivity contribution in [2.24, 2.45) is 11.8 Å². The number of aliphatic hydroxyl groups excluding tert-OH is 1. The lowest BCUT2D eigenvalue weighted by Gasteiger charge is -2.47. The smallest absolute Gasteiger partial charge is 0.194 e. The summed E-state index contributed by atoms with van der Waals surface area (Å²) in [5.74, 6) is 0.144. The van der Waals surface area contributed by atoms with Gasteiger partial charge in [0.15, 0.2) is 5.78 Å². The number of rotatable bonds is 18. The summed E-state index contributed by atoms with van der Waals surface area (Å²) in [4.78, 5) is 13.5. The summed E-state index contributed by atoms with van der Waals surface area (Å²) in [6.45, 7) is 10.3. The zero-order chi connectivity index (χ0) is 46.1. The number of hydrogen-bond acceptors (Lipinski definition) is 8. The first-order valence-electron chi connectivity index (χ1n) is 23.6. The van der Waals surface area contributed by atoms with E-state index in [9.17, 15) is 9.90 Å². The maximum Gasteiger partial charge on any atom is 0.194 e. The molecule has 0 aromatic heterocycles. The third-order valence-corrected chi connectivity index (χ3v) is 12.8. The minimum Gasteiger partial charge on any atom is -0.386 e. The minimum absolute atomic E-state index is 0. The maximum absolute atomic E-state index is 13.5. The minimum atomic E-state index is -0.809. The highest BCUT2D eigenvalue weighted by atomic mass is 16.6. The van der Waals surface area contributed by atoms with Gasteiger partial charge in [0, 0.05) is 17.4 Å². The van der Waals surface area contributed by atoms with E-state index in [1.165, 1.54) is 0 Å². The normalized spacial score (nSPS) is 24.8. The van der Waals surface area contributed by atoms with Gasteiger partial charge in [0.05, 0.1) is 50.8 Å². The van der Waals surface area contributed by atoms with E-state index < -0.39 is 30.5 Å². The predicted octanol–water partition coefficient (Wildman–Crippen LogP) is 12.8. The number of aliphatic hydroxyl groups is 1. The number of ketones is 1. The molecular formula is C60H74O8. The highest BCUT2D eigenvalue weighted by molar-refractivity contribution is 6.00. The van der Waals surface area contributed by atoms with Gasteiger partial charge in [-0.25, -0.2) is 0 Å². The van der Waals surface area contributed by atoms with E-state index in [0.29, 0.717) is 32.0 Å². The van der Waals surface area contributed by atoms with Gasteiger partial charge >= 0.3 is 0 Å². The molecule has 0 spiro atoms. The Morgan fingerprint density at radius 2 is 0.794 bits per heavy atom. The van der Waals surface area contributed by atoms with Crippen molar-refractivity contribution >= 4 is 5.78 Å². The van der Waals surface area contributed by atoms with Crippen molar-refractivity contribution in [2.45, 2.75) is 137 Å². The lowest BCUT2D eigenvalue weighted by molar-refractivity contribution is -0.253. The Hall–Kier alpha value is -5.29. The summed E-state index contributed by atoms with van der Waals surface area (Å²) < 4.78 is 38.8. The average molecular weight is 923 g/mol. The number of carbonyl (C=O) groups is 1. The van der Waals surface area contributed by atoms with Crippen LogP contribution in [-0.2, 0) is 54.8 Å². The Kier molecular flexibility index (Phi) is 21.8. The Bertz CT molecular complexity index is 2260. The molecule has 1 N–H and O–H groups in total. The van der Waals surface area contributed by atoms with E-state index in [1.54, 1.807) is 0 Å². The van der Waals surface area contributed by atoms with E-state index in [0.717, 1.165) is 40.7 Å². The fourth-order valence-electron chi connectivity index (χ4n) is 9.11. The van der Waals surface area contributed by atoms with Crippen molar-refractivity contribution in [3.05, 3.63) is 215 Å². The molecule has 362 valence electrons. The van der Waals surface area contributed by atoms with E-state index >= 15 is 0 Å². The average Bonchev–Trinajstić information content (AvgIpc) is 3.38. The maximum atomic E-state index is 13.5. The first-order chi connectivity index (χ1) is 32.3. The van der Waals surface area contributed by atoms with Crippen LogP contribution < -0.4 is 0 Å². The van der Waals surface area contributed by atoms with Gasteiger partial charge in [-0.3, -0.25) is 4.79 Å². The second kappa shape index (κ2) is 27.6. The first-order valence-corrected chi connectivity index (χ1v) is 23.6. The second-order valence-corrected chi connectivity index (χ2v) is 17.4. The Labute approximate surface area is 406 Å². The molecular weight excluding hydrogens is 849 g/mol. The molecule has 2 saturated heterocycles. The molecule has 0 amide bonds. The summed E-state index contributed by atoms with van der Waals surface area (Å²) in [7, 11) is 0. The van der Waals surface area contributed by atoms with E-state index in [-0.39, 0.29) is 56.9 Å². The van der Waals surface area contributed by atoms with Crippen LogP contribution in [0.5, 0.6) is 0 Å². The van der Waals surface area contributed by atoms with Gasteiger partial charge in [-0.15, -0.1) is 0 Å². The Balaban J connectivity index is 0.000000247. The van der Waals surface area contributed by atoms with Crippen LogP contribution in [0.25, 0.3) is 0 Å². The van der Waals surface area contributed by atoms with Crippen LogP contribution in [0.1, 0.15) is 99.7 Å². The molecule has 2 heterocycles. The number of ether oxygens (including phenoxy) is 6. The van der Waals surface area contributed by atoms with Gasteiger partial charge < -0.3 is 33.5 Å². The quantitative estimate of drug-likeness (QED) is 0.0852. The van der Waals surface area contributed by atoms with E-state index in [4.69, 9.17) is 28.4 Å². The van der Waals surface area contributed by atoms with Crippen molar-refractivity contribution in [3.63, 3.8) is 0 Å². The highest BCUT2D eigenvalue weighted by Crippen LogP contribution is 2.38. The standard InChI is InChI=1S/C29H34O4.C29H32O4.2CH4/c2*1-3-25-21(2)27(31-19-22-13-7-4-8-14-22)29(32-20-23-15-9-5-10-16-23)28(33-25)26(30)24-17-11-6-12-18-24;;/h4-18,21,25-30H,3,19-20H2,1-2H3;4-18,21,25,27-29H,3,19-20H2,1-2H3;2*1H4/t21-,25-,26?,27+,28+,29-;21-,25-,27+,28+,29-;;/m11../s1. The molecule has 8 rings (SSSR count). The monoisotopic (exact) mass is 923 g/mol. The van der Waals surface area contributed by atoms with Gasteiger partial charge in [-0.2, -0.15) is 0 Å². The Morgan fingerprint density at radius 3 is 1.19 bits per heavy atom. The number of carbonyl (C=O) groups excluding carboxylic acids is 1. The lowest BCUT2D eigenvalue weighted by atomic mass is 9.83. The third-order valence-electron chi connectivity index (χ3n) is 12.8. The first kappa shape index (κ1) is 53.7. The van der Waals surface area contributed by atoms with Crippen molar-refractivity contribution in [1.82, 2.24) is 0 Å². The third kappa shape index (κ3) is 14.4. The van der Waals surface area contributed by atoms with Crippen molar-refractivity contribution in [1.29, 1.82) is 0 Å². The Morgan fingerprint density at radius 1 is 0.471 bits per heavy atom. The summed E-state index contributed by atoms with van der Waals surface area (Å²) in [5, 5.41) is 11.4. The topological polar surface area (TPSA) is 92.7 Å². The molecule has 11 atom stereocenters. The van der Waals surface area contributed by atoms with Gasteiger partial charge in [0.25, 0.3) is 0 Å². The highest BCUT2D eigenvalue weighted by Gasteiger charge is 2.49. The van der Waals surface area contributed by atoms with Crippen LogP contribution >= 0.6 is 0 Å². The van der Waals surface area contributed by atoms with Crippen LogP contribution in [0.15, 0.2) is 182 Å². The molecule has 68 heavy (non-hydrogen) atoms. The van der Waals surface area contributed by atoms with Crippen molar-refractivity contribution in [3.8, 4) is 0 Å². The number of Topliss-reactive ketones (excluding diaryl/α,β-unsaturated/α-hetero) is 1. The predicted molar refractivity (Wildman–Crippen MR) is 272 cm³/mol. The summed E-state index contributed by atoms with van der Waals surface area (Å²) in [6, 6.07) is 59.4. The number of benzene rings is 6. The van der Waals surface area contributed by atoms with Gasteiger partial charge in [-0.05, 0) is 40.7 Å². The van der Waals surface area contributed by atoms with Crippen LogP contribution in [0.4, 0.5) is 0 Å². The van der Waals surface area contributed by atoms with E-state index in [2.05, 4.69) is 39.8 Å². The summed E-state index contributed by atoms with van der Waals surface area (Å²) >= 11 is 0. The van der Waals surface area contributed by atoms with Gasteiger partial charge in [0.2, 0.25) is 0 Å². The van der Waals surface area contributed by atoms with Crippen molar-refractivity contribution < 1.29 is 38.3 Å². The van der Waals surface area contributed by atoms with Crippen molar-refractivity contribution in [2.75, 3.05) is 0 Å². The molecule has 2 aliphatic rings. The van der Waals surface area contributed by atoms with Crippen LogP contribution in [0, 0.1) is 11.8 Å². The molecule has 8 nitrogen and oxygen atoms in total. The molecule has 1 unspecified atom stereocenters. The molecule has 8 heteroatoms. The molecule has 6 aromatic rings. The molecule has 2 fully saturated rings. The lowest BCUT2D eigenvalue weighted by Crippen LogP contribution is -2.58. The molecule has 0 saturated carbocycles. The molecule has 2 aliphatic heterocycles. The van der Waals surface area contributed by atoms with Gasteiger partial charge in [0.1, 0.15) is 30.5 Å². The van der Waals surface area contributed by atoms with E-state index in [1.807, 2.05) is 170 Å². The molecule has 0 bridgehead atoms. The number of hydrogen-bond donors (Lipinski definition) is 1. The SMILES string of the molecule is C.C.CC[C@H]1O[C@@H](C(=O)c2ccccc2)[C@H](OCc2ccccc2)[C@@H](OCc2ccccc2)[C@@H]1C.CC[C@H]1O[C@@H](C(O)c2ccccc2)[C@H](OCc2ccccc2)[C@@H](OCc2ccccc2)[C@@H]1C. The molecule has 6 aromatic carbocycles. The molecule has 0 radical (unpaired) electrons. The summed E-state index contributed by atoms with van der Waals surface area (Å²) in [6.07, 6.45) is -1.94. The fraction of sp³-hybridized carbons (Fsp3) is 0.383. The second-order valence-electron chi connectivity index (χ2n) is 17.4. The zero-order valence-corrected chi connectivity index (χ0v) is 38.7. The fourth-order valence-corrected chi connectivity index (χ4v) is 9.11. The van der Waals surface area contributed by atoms with Crippen LogP contribution in [-0.4, -0.2) is 59.7 Å². The van der Waals surface area contributed by atoms with Gasteiger partial charge in [-0.1, -0.05) is 225 Å². The zero-order valence-electron chi connectivity index (χ0n) is 38.7. The van der Waals surface area contributed by atoms with Crippen LogP contribution in [0.3, 0.4) is 0 Å².